The number of hydrogen-bond acceptors (Lipinski definition) is 7. The zero-order chi connectivity index (χ0) is 24.1. The summed E-state index contributed by atoms with van der Waals surface area (Å²) < 4.78 is 11.3. The van der Waals surface area contributed by atoms with Crippen molar-refractivity contribution in [2.24, 2.45) is 0 Å². The van der Waals surface area contributed by atoms with Crippen molar-refractivity contribution in [3.05, 3.63) is 65.3 Å². The third-order valence-corrected chi connectivity index (χ3v) is 5.54. The Bertz CT molecular complexity index is 1130. The molecule has 0 unspecified atom stereocenters. The first-order valence-electron chi connectivity index (χ1n) is 11.1. The molecule has 0 aliphatic carbocycles. The summed E-state index contributed by atoms with van der Waals surface area (Å²) in [4.78, 5) is 24.1. The number of halogens is 1. The Labute approximate surface area is 204 Å². The summed E-state index contributed by atoms with van der Waals surface area (Å²) in [6.45, 7) is 8.28. The largest absolute Gasteiger partial charge is 0.478 e. The summed E-state index contributed by atoms with van der Waals surface area (Å²) in [7, 11) is 0. The number of nitrogens with zero attached hydrogens (tertiary/aromatic N) is 3. The Balaban J connectivity index is 1.38. The van der Waals surface area contributed by atoms with E-state index in [0.717, 1.165) is 24.5 Å². The third-order valence-electron chi connectivity index (χ3n) is 5.28. The van der Waals surface area contributed by atoms with E-state index in [2.05, 4.69) is 25.5 Å². The Hall–Kier alpha value is -3.36. The third kappa shape index (κ3) is 6.15. The number of anilines is 4. The minimum absolute atomic E-state index is 0.260. The van der Waals surface area contributed by atoms with Gasteiger partial charge in [-0.25, -0.2) is 4.98 Å². The van der Waals surface area contributed by atoms with Crippen LogP contribution in [0.15, 0.2) is 54.6 Å². The van der Waals surface area contributed by atoms with Crippen LogP contribution < -0.4 is 20.3 Å². The maximum Gasteiger partial charge on any atom is 0.267 e. The molecule has 8 nitrogen and oxygen atoms in total. The van der Waals surface area contributed by atoms with Crippen molar-refractivity contribution < 1.29 is 14.3 Å². The van der Waals surface area contributed by atoms with Crippen LogP contribution in [-0.4, -0.2) is 47.8 Å². The summed E-state index contributed by atoms with van der Waals surface area (Å²) in [6.07, 6.45) is 0. The van der Waals surface area contributed by atoms with Crippen molar-refractivity contribution >= 4 is 40.6 Å². The van der Waals surface area contributed by atoms with Crippen LogP contribution in [0.1, 0.15) is 19.5 Å². The standard InChI is InChI=1S/C25H28ClN5O3/c1-17-16-22(30-24(27-17)31-12-14-33-15-13-31)28-19-6-8-20(9-7-19)29-23(32)25(2,3)34-21-10-4-18(26)5-11-21/h4-11,16H,12-15H2,1-3H3,(H,29,32)(H,27,28,30). The van der Waals surface area contributed by atoms with E-state index in [1.807, 2.05) is 37.3 Å². The maximum absolute atomic E-state index is 12.8. The first kappa shape index (κ1) is 23.8. The fourth-order valence-electron chi connectivity index (χ4n) is 3.43. The van der Waals surface area contributed by atoms with Crippen molar-refractivity contribution in [1.29, 1.82) is 0 Å². The lowest BCUT2D eigenvalue weighted by atomic mass is 10.1. The molecule has 1 fully saturated rings. The predicted molar refractivity (Wildman–Crippen MR) is 134 cm³/mol. The molecule has 3 aromatic rings. The lowest BCUT2D eigenvalue weighted by molar-refractivity contribution is -0.128. The summed E-state index contributed by atoms with van der Waals surface area (Å²) in [5, 5.41) is 6.83. The smallest absolute Gasteiger partial charge is 0.267 e. The molecular weight excluding hydrogens is 454 g/mol. The average molecular weight is 482 g/mol. The normalized spacial score (nSPS) is 13.9. The molecule has 1 aliphatic heterocycles. The Kier molecular flexibility index (Phi) is 7.19. The highest BCUT2D eigenvalue weighted by molar-refractivity contribution is 6.30. The minimum Gasteiger partial charge on any atom is -0.478 e. The fourth-order valence-corrected chi connectivity index (χ4v) is 3.56. The second kappa shape index (κ2) is 10.3. The van der Waals surface area contributed by atoms with Gasteiger partial charge >= 0.3 is 0 Å². The van der Waals surface area contributed by atoms with Gasteiger partial charge in [-0.1, -0.05) is 11.6 Å². The van der Waals surface area contributed by atoms with E-state index in [4.69, 9.17) is 21.1 Å². The number of hydrogen-bond donors (Lipinski definition) is 2. The van der Waals surface area contributed by atoms with Gasteiger partial charge in [0, 0.05) is 41.2 Å². The molecular formula is C25H28ClN5O3. The highest BCUT2D eigenvalue weighted by Crippen LogP contribution is 2.24. The van der Waals surface area contributed by atoms with Crippen molar-refractivity contribution in [2.75, 3.05) is 41.8 Å². The molecule has 0 saturated carbocycles. The minimum atomic E-state index is -1.07. The van der Waals surface area contributed by atoms with Gasteiger partial charge in [-0.05, 0) is 69.3 Å². The van der Waals surface area contributed by atoms with E-state index < -0.39 is 5.60 Å². The lowest BCUT2D eigenvalue weighted by Gasteiger charge is -2.27. The number of amides is 1. The van der Waals surface area contributed by atoms with Crippen LogP contribution in [0.25, 0.3) is 0 Å². The van der Waals surface area contributed by atoms with Gasteiger partial charge < -0.3 is 25.0 Å². The van der Waals surface area contributed by atoms with Crippen LogP contribution >= 0.6 is 11.6 Å². The van der Waals surface area contributed by atoms with Crippen LogP contribution in [0.5, 0.6) is 5.75 Å². The number of benzene rings is 2. The first-order valence-corrected chi connectivity index (χ1v) is 11.5. The number of aromatic nitrogens is 2. The highest BCUT2D eigenvalue weighted by Gasteiger charge is 2.30. The Morgan fingerprint density at radius 2 is 1.68 bits per heavy atom. The van der Waals surface area contributed by atoms with Crippen molar-refractivity contribution in [1.82, 2.24) is 9.97 Å². The molecule has 0 atom stereocenters. The van der Waals surface area contributed by atoms with E-state index in [9.17, 15) is 4.79 Å². The van der Waals surface area contributed by atoms with Crippen LogP contribution in [0, 0.1) is 6.92 Å². The van der Waals surface area contributed by atoms with Gasteiger partial charge in [0.25, 0.3) is 5.91 Å². The SMILES string of the molecule is Cc1cc(Nc2ccc(NC(=O)C(C)(C)Oc3ccc(Cl)cc3)cc2)nc(N2CCOCC2)n1. The molecule has 1 amide bonds. The molecule has 34 heavy (non-hydrogen) atoms. The molecule has 1 aliphatic rings. The van der Waals surface area contributed by atoms with Gasteiger partial charge in [0.1, 0.15) is 11.6 Å². The molecule has 2 aromatic carbocycles. The summed E-state index contributed by atoms with van der Waals surface area (Å²) in [6, 6.07) is 16.2. The van der Waals surface area contributed by atoms with Gasteiger partial charge in [-0.3, -0.25) is 4.79 Å². The maximum atomic E-state index is 12.8. The van der Waals surface area contributed by atoms with Gasteiger partial charge in [-0.15, -0.1) is 0 Å². The number of nitrogens with one attached hydrogen (secondary N) is 2. The monoisotopic (exact) mass is 481 g/mol. The fraction of sp³-hybridized carbons (Fsp3) is 0.320. The van der Waals surface area contributed by atoms with E-state index in [1.54, 1.807) is 38.1 Å². The molecule has 2 heterocycles. The van der Waals surface area contributed by atoms with Crippen LogP contribution in [0.2, 0.25) is 5.02 Å². The molecule has 178 valence electrons. The molecule has 4 rings (SSSR count). The summed E-state index contributed by atoms with van der Waals surface area (Å²) in [5.74, 6) is 1.71. The first-order chi connectivity index (χ1) is 16.3. The summed E-state index contributed by atoms with van der Waals surface area (Å²) >= 11 is 5.91. The van der Waals surface area contributed by atoms with E-state index in [-0.39, 0.29) is 5.91 Å². The predicted octanol–water partition coefficient (Wildman–Crippen LogP) is 4.81. The number of morpholine rings is 1. The Morgan fingerprint density at radius 3 is 2.35 bits per heavy atom. The van der Waals surface area contributed by atoms with Gasteiger partial charge in [0.05, 0.1) is 13.2 Å². The zero-order valence-electron chi connectivity index (χ0n) is 19.5. The average Bonchev–Trinajstić information content (AvgIpc) is 2.82. The second-order valence-electron chi connectivity index (χ2n) is 8.52. The quantitative estimate of drug-likeness (QED) is 0.500. The number of carbonyl (C=O) groups excluding carboxylic acids is 1. The molecule has 1 aromatic heterocycles. The number of rotatable bonds is 7. The van der Waals surface area contributed by atoms with Crippen LogP contribution in [0.4, 0.5) is 23.1 Å². The Morgan fingerprint density at radius 1 is 1.03 bits per heavy atom. The van der Waals surface area contributed by atoms with Crippen LogP contribution in [-0.2, 0) is 9.53 Å². The van der Waals surface area contributed by atoms with Gasteiger partial charge in [0.15, 0.2) is 5.60 Å². The van der Waals surface area contributed by atoms with Crippen molar-refractivity contribution in [3.8, 4) is 5.75 Å². The number of aryl methyl sites for hydroxylation is 1. The van der Waals surface area contributed by atoms with Gasteiger partial charge in [0.2, 0.25) is 5.95 Å². The number of carbonyl (C=O) groups is 1. The van der Waals surface area contributed by atoms with E-state index in [0.29, 0.717) is 41.4 Å². The van der Waals surface area contributed by atoms with E-state index >= 15 is 0 Å². The van der Waals surface area contributed by atoms with Gasteiger partial charge in [-0.2, -0.15) is 4.98 Å². The molecule has 9 heteroatoms. The summed E-state index contributed by atoms with van der Waals surface area (Å²) in [5.41, 5.74) is 1.32. The van der Waals surface area contributed by atoms with E-state index in [1.165, 1.54) is 0 Å². The highest BCUT2D eigenvalue weighted by atomic mass is 35.5. The zero-order valence-corrected chi connectivity index (χ0v) is 20.2. The molecule has 0 spiro atoms. The van der Waals surface area contributed by atoms with Crippen molar-refractivity contribution in [2.45, 2.75) is 26.4 Å². The van der Waals surface area contributed by atoms with Crippen LogP contribution in [0.3, 0.4) is 0 Å². The molecule has 2 N–H and O–H groups in total. The lowest BCUT2D eigenvalue weighted by Crippen LogP contribution is -2.42. The topological polar surface area (TPSA) is 88.6 Å². The number of ether oxygens (including phenoxy) is 2. The molecule has 0 bridgehead atoms. The second-order valence-corrected chi connectivity index (χ2v) is 8.95. The molecule has 1 saturated heterocycles. The van der Waals surface area contributed by atoms with Crippen molar-refractivity contribution in [3.63, 3.8) is 0 Å². The molecule has 0 radical (unpaired) electrons.